The van der Waals surface area contributed by atoms with E-state index in [1.165, 1.54) is 0 Å². The zero-order valence-corrected chi connectivity index (χ0v) is 16.8. The van der Waals surface area contributed by atoms with Crippen molar-refractivity contribution in [3.8, 4) is 5.75 Å². The van der Waals surface area contributed by atoms with Crippen molar-refractivity contribution in [2.75, 3.05) is 5.32 Å². The first-order valence-corrected chi connectivity index (χ1v) is 9.04. The smallest absolute Gasteiger partial charge is 0.148 e. The molecule has 2 nitrogen and oxygen atoms in total. The van der Waals surface area contributed by atoms with Gasteiger partial charge in [0.25, 0.3) is 0 Å². The number of rotatable bonds is 5. The van der Waals surface area contributed by atoms with Gasteiger partial charge in [-0.1, -0.05) is 23.2 Å². The van der Waals surface area contributed by atoms with Gasteiger partial charge in [-0.15, -0.1) is 0 Å². The molecule has 0 atom stereocenters. The summed E-state index contributed by atoms with van der Waals surface area (Å²) in [7, 11) is 0. The number of hydrogen-bond donors (Lipinski definition) is 1. The van der Waals surface area contributed by atoms with Crippen LogP contribution in [0.25, 0.3) is 0 Å². The van der Waals surface area contributed by atoms with Crippen LogP contribution in [0.1, 0.15) is 19.4 Å². The van der Waals surface area contributed by atoms with E-state index in [4.69, 9.17) is 27.9 Å². The van der Waals surface area contributed by atoms with E-state index in [9.17, 15) is 0 Å². The molecule has 22 heavy (non-hydrogen) atoms. The van der Waals surface area contributed by atoms with E-state index >= 15 is 0 Å². The summed E-state index contributed by atoms with van der Waals surface area (Å²) in [5.41, 5.74) is 1.90. The van der Waals surface area contributed by atoms with Gasteiger partial charge in [-0.2, -0.15) is 0 Å². The lowest BCUT2D eigenvalue weighted by Gasteiger charge is -2.15. The number of hydrogen-bond acceptors (Lipinski definition) is 2. The number of ether oxygens (including phenoxy) is 1. The van der Waals surface area contributed by atoms with Gasteiger partial charge in [-0.3, -0.25) is 0 Å². The van der Waals surface area contributed by atoms with Crippen LogP contribution in [0.2, 0.25) is 10.0 Å². The minimum Gasteiger partial charge on any atom is -0.489 e. The molecule has 0 saturated carbocycles. The predicted molar refractivity (Wildman–Crippen MR) is 101 cm³/mol. The Morgan fingerprint density at radius 2 is 1.73 bits per heavy atom. The van der Waals surface area contributed by atoms with E-state index in [2.05, 4.69) is 37.2 Å². The molecule has 0 saturated heterocycles. The van der Waals surface area contributed by atoms with Crippen LogP contribution in [-0.2, 0) is 6.54 Å². The Kier molecular flexibility index (Phi) is 6.45. The number of anilines is 1. The first-order chi connectivity index (χ1) is 10.4. The lowest BCUT2D eigenvalue weighted by molar-refractivity contribution is 0.239. The van der Waals surface area contributed by atoms with Gasteiger partial charge in [-0.05, 0) is 81.6 Å². The highest BCUT2D eigenvalue weighted by molar-refractivity contribution is 9.11. The van der Waals surface area contributed by atoms with Crippen molar-refractivity contribution in [2.45, 2.75) is 26.5 Å². The molecule has 0 spiro atoms. The molecule has 6 heteroatoms. The Balaban J connectivity index is 2.15. The lowest BCUT2D eigenvalue weighted by atomic mass is 10.2. The summed E-state index contributed by atoms with van der Waals surface area (Å²) < 4.78 is 7.59. The Morgan fingerprint density at radius 1 is 1.09 bits per heavy atom. The van der Waals surface area contributed by atoms with E-state index in [1.807, 2.05) is 32.0 Å². The third-order valence-electron chi connectivity index (χ3n) is 2.82. The third-order valence-corrected chi connectivity index (χ3v) is 4.57. The highest BCUT2D eigenvalue weighted by Gasteiger charge is 2.11. The fourth-order valence-electron chi connectivity index (χ4n) is 1.89. The zero-order valence-electron chi connectivity index (χ0n) is 12.1. The van der Waals surface area contributed by atoms with Gasteiger partial charge < -0.3 is 10.1 Å². The molecule has 2 aromatic carbocycles. The molecule has 2 rings (SSSR count). The second-order valence-corrected chi connectivity index (χ2v) is 7.59. The molecule has 0 radical (unpaired) electrons. The molecule has 0 bridgehead atoms. The molecule has 0 aliphatic carbocycles. The standard InChI is InChI=1S/C16H15Br2Cl2NO/c1-9(2)22-16-12(17)5-10(6-13(16)18)8-21-15-7-11(19)3-4-14(15)20/h3-7,9,21H,8H2,1-2H3. The number of halogens is 4. The maximum Gasteiger partial charge on any atom is 0.148 e. The summed E-state index contributed by atoms with van der Waals surface area (Å²) in [4.78, 5) is 0. The van der Waals surface area contributed by atoms with Crippen molar-refractivity contribution in [3.63, 3.8) is 0 Å². The minimum absolute atomic E-state index is 0.113. The summed E-state index contributed by atoms with van der Waals surface area (Å²) in [6.45, 7) is 4.62. The first kappa shape index (κ1) is 17.9. The van der Waals surface area contributed by atoms with Crippen LogP contribution in [0.5, 0.6) is 5.75 Å². The van der Waals surface area contributed by atoms with Crippen molar-refractivity contribution < 1.29 is 4.74 Å². The maximum absolute atomic E-state index is 6.15. The van der Waals surface area contributed by atoms with E-state index in [-0.39, 0.29) is 6.10 Å². The fraction of sp³-hybridized carbons (Fsp3) is 0.250. The molecule has 0 heterocycles. The van der Waals surface area contributed by atoms with E-state index in [0.717, 1.165) is 25.9 Å². The molecule has 0 fully saturated rings. The number of nitrogens with one attached hydrogen (secondary N) is 1. The summed E-state index contributed by atoms with van der Waals surface area (Å²) in [5, 5.41) is 4.57. The van der Waals surface area contributed by atoms with Crippen molar-refractivity contribution in [2.24, 2.45) is 0 Å². The van der Waals surface area contributed by atoms with Crippen LogP contribution in [0.4, 0.5) is 5.69 Å². The molecule has 1 N–H and O–H groups in total. The van der Waals surface area contributed by atoms with Gasteiger partial charge >= 0.3 is 0 Å². The molecular weight excluding hydrogens is 453 g/mol. The van der Waals surface area contributed by atoms with Crippen LogP contribution in [-0.4, -0.2) is 6.10 Å². The minimum atomic E-state index is 0.113. The van der Waals surface area contributed by atoms with Gasteiger partial charge in [0.15, 0.2) is 0 Å². The Hall–Kier alpha value is -0.420. The second-order valence-electron chi connectivity index (χ2n) is 5.03. The van der Waals surface area contributed by atoms with Gasteiger partial charge in [0, 0.05) is 11.6 Å². The van der Waals surface area contributed by atoms with Crippen LogP contribution in [0.15, 0.2) is 39.3 Å². The zero-order chi connectivity index (χ0) is 16.3. The summed E-state index contributed by atoms with van der Waals surface area (Å²) in [6.07, 6.45) is 0.113. The Bertz CT molecular complexity index is 654. The SMILES string of the molecule is CC(C)Oc1c(Br)cc(CNc2cc(Cl)ccc2Cl)cc1Br. The van der Waals surface area contributed by atoms with E-state index in [1.54, 1.807) is 12.1 Å². The molecule has 2 aromatic rings. The van der Waals surface area contributed by atoms with E-state index < -0.39 is 0 Å². The maximum atomic E-state index is 6.15. The normalized spacial score (nSPS) is 10.9. The molecule has 0 unspecified atom stereocenters. The topological polar surface area (TPSA) is 21.3 Å². The predicted octanol–water partition coefficient (Wildman–Crippen LogP) is 6.92. The Morgan fingerprint density at radius 3 is 2.32 bits per heavy atom. The summed E-state index contributed by atoms with van der Waals surface area (Å²) in [5.74, 6) is 0.805. The van der Waals surface area contributed by atoms with E-state index in [0.29, 0.717) is 16.6 Å². The molecule has 0 aromatic heterocycles. The molecular formula is C16H15Br2Cl2NO. The van der Waals surface area contributed by atoms with Crippen molar-refractivity contribution >= 4 is 60.7 Å². The van der Waals surface area contributed by atoms with Crippen LogP contribution < -0.4 is 10.1 Å². The van der Waals surface area contributed by atoms with Gasteiger partial charge in [0.2, 0.25) is 0 Å². The first-order valence-electron chi connectivity index (χ1n) is 6.70. The van der Waals surface area contributed by atoms with Gasteiger partial charge in [-0.25, -0.2) is 0 Å². The quantitative estimate of drug-likeness (QED) is 0.515. The van der Waals surface area contributed by atoms with Crippen LogP contribution in [0.3, 0.4) is 0 Å². The Labute approximate surface area is 157 Å². The molecule has 118 valence electrons. The lowest BCUT2D eigenvalue weighted by Crippen LogP contribution is -2.07. The summed E-state index contributed by atoms with van der Waals surface area (Å²) >= 11 is 19.2. The summed E-state index contributed by atoms with van der Waals surface area (Å²) in [6, 6.07) is 9.39. The molecule has 0 aliphatic heterocycles. The largest absolute Gasteiger partial charge is 0.489 e. The fourth-order valence-corrected chi connectivity index (χ4v) is 3.72. The van der Waals surface area contributed by atoms with Crippen LogP contribution >= 0.6 is 55.1 Å². The average molecular weight is 468 g/mol. The second kappa shape index (κ2) is 7.91. The average Bonchev–Trinajstić information content (AvgIpc) is 2.43. The van der Waals surface area contributed by atoms with Gasteiger partial charge in [0.05, 0.1) is 25.8 Å². The van der Waals surface area contributed by atoms with Crippen molar-refractivity contribution in [1.82, 2.24) is 0 Å². The highest BCUT2D eigenvalue weighted by atomic mass is 79.9. The monoisotopic (exact) mass is 465 g/mol. The third kappa shape index (κ3) is 4.79. The van der Waals surface area contributed by atoms with Crippen molar-refractivity contribution in [1.29, 1.82) is 0 Å². The molecule has 0 aliphatic rings. The number of benzene rings is 2. The van der Waals surface area contributed by atoms with Crippen LogP contribution in [0, 0.1) is 0 Å². The molecule has 0 amide bonds. The van der Waals surface area contributed by atoms with Gasteiger partial charge in [0.1, 0.15) is 5.75 Å². The van der Waals surface area contributed by atoms with Crippen molar-refractivity contribution in [3.05, 3.63) is 54.9 Å². The highest BCUT2D eigenvalue weighted by Crippen LogP contribution is 2.36.